The molecule has 2 rings (SSSR count). The first-order valence-electron chi connectivity index (χ1n) is 7.78. The summed E-state index contributed by atoms with van der Waals surface area (Å²) < 4.78 is 5.29. The van der Waals surface area contributed by atoms with E-state index in [4.69, 9.17) is 9.84 Å². The molecule has 1 aliphatic carbocycles. The van der Waals surface area contributed by atoms with Gasteiger partial charge < -0.3 is 20.1 Å². The lowest BCUT2D eigenvalue weighted by Crippen LogP contribution is -2.55. The Bertz CT molecular complexity index is 391. The monoisotopic (exact) mass is 298 g/mol. The Labute approximate surface area is 125 Å². The van der Waals surface area contributed by atoms with E-state index in [1.54, 1.807) is 0 Å². The largest absolute Gasteiger partial charge is 0.479 e. The molecule has 2 fully saturated rings. The molecule has 2 N–H and O–H groups in total. The summed E-state index contributed by atoms with van der Waals surface area (Å²) in [4.78, 5) is 25.2. The zero-order valence-electron chi connectivity index (χ0n) is 12.9. The van der Waals surface area contributed by atoms with Crippen LogP contribution in [-0.2, 0) is 14.3 Å². The maximum absolute atomic E-state index is 12.2. The van der Waals surface area contributed by atoms with Crippen LogP contribution in [0, 0.1) is 0 Å². The van der Waals surface area contributed by atoms with Gasteiger partial charge in [-0.2, -0.15) is 0 Å². The maximum Gasteiger partial charge on any atom is 0.332 e. The Kier molecular flexibility index (Phi) is 5.22. The topological polar surface area (TPSA) is 78.9 Å². The minimum absolute atomic E-state index is 0.0265. The standard InChI is InChI=1S/C15H26N2O4/c1-17(2)15(8-4-3-5-9-15)10-16-13(18)11-6-7-12(21-11)14(19)20/h11-12H,3-10H2,1-2H3,(H,16,18)(H,19,20)/t11-,12+/m0/s1. The van der Waals surface area contributed by atoms with Gasteiger partial charge >= 0.3 is 5.97 Å². The van der Waals surface area contributed by atoms with Crippen molar-refractivity contribution in [3.05, 3.63) is 0 Å². The molecule has 0 aromatic rings. The van der Waals surface area contributed by atoms with Gasteiger partial charge in [-0.05, 0) is 39.8 Å². The lowest BCUT2D eigenvalue weighted by atomic mass is 9.80. The number of hydrogen-bond donors (Lipinski definition) is 2. The smallest absolute Gasteiger partial charge is 0.332 e. The van der Waals surface area contributed by atoms with E-state index in [9.17, 15) is 9.59 Å². The van der Waals surface area contributed by atoms with E-state index < -0.39 is 18.2 Å². The van der Waals surface area contributed by atoms with Crippen LogP contribution in [-0.4, -0.2) is 60.3 Å². The van der Waals surface area contributed by atoms with Crippen molar-refractivity contribution in [3.8, 4) is 0 Å². The van der Waals surface area contributed by atoms with Crippen LogP contribution in [0.5, 0.6) is 0 Å². The minimum atomic E-state index is -0.984. The summed E-state index contributed by atoms with van der Waals surface area (Å²) in [5.41, 5.74) is 0.0265. The summed E-state index contributed by atoms with van der Waals surface area (Å²) in [5, 5.41) is 11.9. The zero-order chi connectivity index (χ0) is 15.5. The van der Waals surface area contributed by atoms with Crippen molar-refractivity contribution in [1.82, 2.24) is 10.2 Å². The number of nitrogens with zero attached hydrogens (tertiary/aromatic N) is 1. The molecule has 0 radical (unpaired) electrons. The van der Waals surface area contributed by atoms with Crippen molar-refractivity contribution in [1.29, 1.82) is 0 Å². The van der Waals surface area contributed by atoms with Crippen LogP contribution in [0.1, 0.15) is 44.9 Å². The van der Waals surface area contributed by atoms with Crippen molar-refractivity contribution < 1.29 is 19.4 Å². The zero-order valence-corrected chi connectivity index (χ0v) is 12.9. The summed E-state index contributed by atoms with van der Waals surface area (Å²) in [6.45, 7) is 0.608. The highest BCUT2D eigenvalue weighted by Gasteiger charge is 2.38. The average molecular weight is 298 g/mol. The fraction of sp³-hybridized carbons (Fsp3) is 0.867. The first-order valence-corrected chi connectivity index (χ1v) is 7.78. The van der Waals surface area contributed by atoms with E-state index in [0.717, 1.165) is 12.8 Å². The summed E-state index contributed by atoms with van der Waals surface area (Å²) in [6.07, 6.45) is 5.25. The minimum Gasteiger partial charge on any atom is -0.479 e. The van der Waals surface area contributed by atoms with Crippen molar-refractivity contribution in [2.45, 2.75) is 62.7 Å². The van der Waals surface area contributed by atoms with Gasteiger partial charge in [-0.1, -0.05) is 19.3 Å². The van der Waals surface area contributed by atoms with Crippen molar-refractivity contribution in [3.63, 3.8) is 0 Å². The number of nitrogens with one attached hydrogen (secondary N) is 1. The Hall–Kier alpha value is -1.14. The van der Waals surface area contributed by atoms with Crippen molar-refractivity contribution >= 4 is 11.9 Å². The van der Waals surface area contributed by atoms with Gasteiger partial charge in [-0.3, -0.25) is 4.79 Å². The van der Waals surface area contributed by atoms with E-state index in [1.807, 2.05) is 0 Å². The number of carboxylic acid groups (broad SMARTS) is 1. The molecule has 1 amide bonds. The van der Waals surface area contributed by atoms with E-state index in [-0.39, 0.29) is 11.4 Å². The highest BCUT2D eigenvalue weighted by molar-refractivity contribution is 5.82. The summed E-state index contributed by atoms with van der Waals surface area (Å²) >= 11 is 0. The molecule has 1 heterocycles. The van der Waals surface area contributed by atoms with Crippen LogP contribution in [0.2, 0.25) is 0 Å². The number of aliphatic carboxylic acids is 1. The second kappa shape index (κ2) is 6.75. The predicted octanol–water partition coefficient (Wildman–Crippen LogP) is 0.999. The van der Waals surface area contributed by atoms with Crippen LogP contribution >= 0.6 is 0 Å². The third-order valence-electron chi connectivity index (χ3n) is 4.91. The molecule has 6 heteroatoms. The van der Waals surface area contributed by atoms with Crippen LogP contribution in [0.3, 0.4) is 0 Å². The van der Waals surface area contributed by atoms with Gasteiger partial charge in [-0.15, -0.1) is 0 Å². The molecule has 2 atom stereocenters. The van der Waals surface area contributed by atoms with E-state index in [1.165, 1.54) is 19.3 Å². The molecule has 21 heavy (non-hydrogen) atoms. The normalized spacial score (nSPS) is 28.5. The maximum atomic E-state index is 12.2. The third kappa shape index (κ3) is 3.74. The quantitative estimate of drug-likeness (QED) is 0.791. The van der Waals surface area contributed by atoms with Gasteiger partial charge in [0.25, 0.3) is 0 Å². The molecule has 2 aliphatic rings. The predicted molar refractivity (Wildman–Crippen MR) is 78.0 cm³/mol. The second-order valence-corrected chi connectivity index (χ2v) is 6.43. The second-order valence-electron chi connectivity index (χ2n) is 6.43. The van der Waals surface area contributed by atoms with Gasteiger partial charge in [-0.25, -0.2) is 4.79 Å². The number of rotatable bonds is 5. The van der Waals surface area contributed by atoms with E-state index >= 15 is 0 Å². The molecule has 6 nitrogen and oxygen atoms in total. The molecule has 1 saturated carbocycles. The molecular weight excluding hydrogens is 272 g/mol. The molecule has 0 spiro atoms. The summed E-state index contributed by atoms with van der Waals surface area (Å²) in [5.74, 6) is -1.16. The third-order valence-corrected chi connectivity index (χ3v) is 4.91. The Morgan fingerprint density at radius 3 is 2.33 bits per heavy atom. The van der Waals surface area contributed by atoms with Gasteiger partial charge in [0.15, 0.2) is 6.10 Å². The van der Waals surface area contributed by atoms with Crippen LogP contribution in [0.25, 0.3) is 0 Å². The van der Waals surface area contributed by atoms with Gasteiger partial charge in [0.2, 0.25) is 5.91 Å². The first-order chi connectivity index (χ1) is 9.94. The molecule has 1 saturated heterocycles. The molecule has 0 aromatic carbocycles. The molecule has 0 unspecified atom stereocenters. The van der Waals surface area contributed by atoms with Crippen LogP contribution < -0.4 is 5.32 Å². The number of carbonyl (C=O) groups excluding carboxylic acids is 1. The highest BCUT2D eigenvalue weighted by Crippen LogP contribution is 2.31. The number of carbonyl (C=O) groups is 2. The Morgan fingerprint density at radius 1 is 1.19 bits per heavy atom. The lowest BCUT2D eigenvalue weighted by molar-refractivity contribution is -0.151. The molecule has 0 bridgehead atoms. The Balaban J connectivity index is 1.86. The summed E-state index contributed by atoms with van der Waals surface area (Å²) in [6, 6.07) is 0. The SMILES string of the molecule is CN(C)C1(CNC(=O)[C@@H]2CC[C@H](C(=O)O)O2)CCCCC1. The molecular formula is C15H26N2O4. The number of hydrogen-bond acceptors (Lipinski definition) is 4. The van der Waals surface area contributed by atoms with E-state index in [2.05, 4.69) is 24.3 Å². The lowest BCUT2D eigenvalue weighted by Gasteiger charge is -2.43. The average Bonchev–Trinajstić information content (AvgIpc) is 2.95. The van der Waals surface area contributed by atoms with Crippen LogP contribution in [0.15, 0.2) is 0 Å². The first kappa shape index (κ1) is 16.2. The van der Waals surface area contributed by atoms with Crippen molar-refractivity contribution in [2.24, 2.45) is 0 Å². The van der Waals surface area contributed by atoms with Crippen LogP contribution in [0.4, 0.5) is 0 Å². The van der Waals surface area contributed by atoms with Gasteiger partial charge in [0.1, 0.15) is 6.10 Å². The van der Waals surface area contributed by atoms with Crippen molar-refractivity contribution in [2.75, 3.05) is 20.6 Å². The van der Waals surface area contributed by atoms with Gasteiger partial charge in [0.05, 0.1) is 0 Å². The number of likely N-dealkylation sites (N-methyl/N-ethyl adjacent to an activating group) is 1. The summed E-state index contributed by atoms with van der Waals surface area (Å²) in [7, 11) is 4.12. The molecule has 1 aliphatic heterocycles. The Morgan fingerprint density at radius 2 is 1.81 bits per heavy atom. The number of carboxylic acids is 1. The highest BCUT2D eigenvalue weighted by atomic mass is 16.5. The molecule has 120 valence electrons. The van der Waals surface area contributed by atoms with E-state index in [0.29, 0.717) is 19.4 Å². The molecule has 0 aromatic heterocycles. The number of amides is 1. The fourth-order valence-corrected chi connectivity index (χ4v) is 3.37. The fourth-order valence-electron chi connectivity index (χ4n) is 3.37. The number of ether oxygens (including phenoxy) is 1. The van der Waals surface area contributed by atoms with Gasteiger partial charge in [0, 0.05) is 12.1 Å².